The molecule has 1 aliphatic heterocycles. The van der Waals surface area contributed by atoms with E-state index in [1.54, 1.807) is 0 Å². The third-order valence-electron chi connectivity index (χ3n) is 4.03. The molecule has 2 aromatic rings. The molecule has 1 fully saturated rings. The molecule has 1 unspecified atom stereocenters. The monoisotopic (exact) mass is 286 g/mol. The van der Waals surface area contributed by atoms with Crippen molar-refractivity contribution in [1.82, 2.24) is 4.90 Å². The molecule has 1 aliphatic rings. The van der Waals surface area contributed by atoms with Crippen molar-refractivity contribution in [2.24, 2.45) is 0 Å². The van der Waals surface area contributed by atoms with Gasteiger partial charge in [0.15, 0.2) is 0 Å². The van der Waals surface area contributed by atoms with Gasteiger partial charge in [-0.2, -0.15) is 0 Å². The fraction of sp³-hybridized carbons (Fsp3) is 0.294. The van der Waals surface area contributed by atoms with Crippen LogP contribution >= 0.6 is 11.6 Å². The Morgan fingerprint density at radius 3 is 2.75 bits per heavy atom. The molecule has 0 radical (unpaired) electrons. The normalized spacial score (nSPS) is 19.4. The summed E-state index contributed by atoms with van der Waals surface area (Å²) in [5, 5.41) is 0.754. The van der Waals surface area contributed by atoms with E-state index in [4.69, 9.17) is 17.3 Å². The number of rotatable bonds is 3. The topological polar surface area (TPSA) is 29.3 Å². The minimum Gasteiger partial charge on any atom is -0.398 e. The fourth-order valence-corrected chi connectivity index (χ4v) is 3.19. The van der Waals surface area contributed by atoms with Crippen LogP contribution in [-0.2, 0) is 6.54 Å². The minimum absolute atomic E-state index is 0.495. The maximum atomic E-state index is 6.08. The highest BCUT2D eigenvalue weighted by Gasteiger charge is 2.26. The molecule has 1 saturated heterocycles. The predicted octanol–water partition coefficient (Wildman–Crippen LogP) is 4.26. The van der Waals surface area contributed by atoms with Gasteiger partial charge in [-0.3, -0.25) is 4.90 Å². The number of nitrogens with zero attached hydrogens (tertiary/aromatic N) is 1. The van der Waals surface area contributed by atoms with E-state index < -0.39 is 0 Å². The van der Waals surface area contributed by atoms with Gasteiger partial charge < -0.3 is 5.73 Å². The lowest BCUT2D eigenvalue weighted by Crippen LogP contribution is -2.23. The molecule has 1 heterocycles. The van der Waals surface area contributed by atoms with E-state index in [1.807, 2.05) is 18.2 Å². The summed E-state index contributed by atoms with van der Waals surface area (Å²) in [6, 6.07) is 16.9. The summed E-state index contributed by atoms with van der Waals surface area (Å²) in [4.78, 5) is 2.50. The van der Waals surface area contributed by atoms with Crippen LogP contribution in [0.15, 0.2) is 48.5 Å². The van der Waals surface area contributed by atoms with Gasteiger partial charge in [0.2, 0.25) is 0 Å². The lowest BCUT2D eigenvalue weighted by Gasteiger charge is -2.25. The maximum Gasteiger partial charge on any atom is 0.0410 e. The zero-order valence-corrected chi connectivity index (χ0v) is 12.2. The van der Waals surface area contributed by atoms with Crippen molar-refractivity contribution in [2.45, 2.75) is 25.4 Å². The highest BCUT2D eigenvalue weighted by molar-refractivity contribution is 6.30. The first-order valence-corrected chi connectivity index (χ1v) is 7.45. The van der Waals surface area contributed by atoms with Crippen molar-refractivity contribution in [3.63, 3.8) is 0 Å². The summed E-state index contributed by atoms with van der Waals surface area (Å²) in [6.45, 7) is 1.98. The van der Waals surface area contributed by atoms with E-state index in [1.165, 1.54) is 18.4 Å². The Hall–Kier alpha value is -1.51. The Labute approximate surface area is 125 Å². The van der Waals surface area contributed by atoms with Crippen LogP contribution in [-0.4, -0.2) is 11.4 Å². The first-order chi connectivity index (χ1) is 9.74. The molecule has 0 spiro atoms. The van der Waals surface area contributed by atoms with Crippen LogP contribution in [0.1, 0.15) is 30.0 Å². The average Bonchev–Trinajstić information content (AvgIpc) is 2.92. The molecule has 3 heteroatoms. The lowest BCUT2D eigenvalue weighted by molar-refractivity contribution is 0.249. The molecule has 0 aromatic heterocycles. The van der Waals surface area contributed by atoms with E-state index in [9.17, 15) is 0 Å². The van der Waals surface area contributed by atoms with E-state index in [2.05, 4.69) is 35.2 Å². The average molecular weight is 287 g/mol. The third-order valence-corrected chi connectivity index (χ3v) is 4.26. The number of nitrogens with two attached hydrogens (primary N) is 1. The van der Waals surface area contributed by atoms with Crippen molar-refractivity contribution >= 4 is 17.3 Å². The number of hydrogen-bond acceptors (Lipinski definition) is 2. The van der Waals surface area contributed by atoms with Gasteiger partial charge in [-0.15, -0.1) is 0 Å². The van der Waals surface area contributed by atoms with Crippen LogP contribution in [0.4, 0.5) is 5.69 Å². The van der Waals surface area contributed by atoms with Gasteiger partial charge in [0.25, 0.3) is 0 Å². The first kappa shape index (κ1) is 13.5. The molecule has 0 bridgehead atoms. The number of anilines is 1. The molecule has 2 aromatic carbocycles. The van der Waals surface area contributed by atoms with Gasteiger partial charge in [-0.25, -0.2) is 0 Å². The largest absolute Gasteiger partial charge is 0.398 e. The van der Waals surface area contributed by atoms with Crippen molar-refractivity contribution in [1.29, 1.82) is 0 Å². The summed E-state index contributed by atoms with van der Waals surface area (Å²) in [7, 11) is 0. The van der Waals surface area contributed by atoms with Crippen molar-refractivity contribution in [2.75, 3.05) is 12.3 Å². The molecule has 1 atom stereocenters. The molecule has 2 nitrogen and oxygen atoms in total. The lowest BCUT2D eigenvalue weighted by atomic mass is 10.0. The van der Waals surface area contributed by atoms with Crippen LogP contribution in [0.3, 0.4) is 0 Å². The molecular formula is C17H19ClN2. The van der Waals surface area contributed by atoms with Crippen LogP contribution in [0.2, 0.25) is 5.02 Å². The Morgan fingerprint density at radius 2 is 1.95 bits per heavy atom. The van der Waals surface area contributed by atoms with Crippen LogP contribution in [0.25, 0.3) is 0 Å². The van der Waals surface area contributed by atoms with E-state index in [0.29, 0.717) is 6.04 Å². The summed E-state index contributed by atoms with van der Waals surface area (Å²) in [5.41, 5.74) is 9.41. The second-order valence-electron chi connectivity index (χ2n) is 5.38. The summed E-state index contributed by atoms with van der Waals surface area (Å²) in [6.07, 6.45) is 2.45. The number of hydrogen-bond donors (Lipinski definition) is 1. The smallest absolute Gasteiger partial charge is 0.0410 e. The number of nitrogen functional groups attached to an aromatic ring is 1. The second kappa shape index (κ2) is 5.86. The minimum atomic E-state index is 0.495. The van der Waals surface area contributed by atoms with Crippen molar-refractivity contribution in [3.05, 3.63) is 64.7 Å². The van der Waals surface area contributed by atoms with Crippen LogP contribution < -0.4 is 5.73 Å². The van der Waals surface area contributed by atoms with Gasteiger partial charge in [0, 0.05) is 23.3 Å². The van der Waals surface area contributed by atoms with E-state index in [0.717, 1.165) is 29.4 Å². The molecule has 0 aliphatic carbocycles. The van der Waals surface area contributed by atoms with Gasteiger partial charge >= 0.3 is 0 Å². The van der Waals surface area contributed by atoms with Gasteiger partial charge in [-0.05, 0) is 48.7 Å². The maximum absolute atomic E-state index is 6.08. The van der Waals surface area contributed by atoms with Crippen molar-refractivity contribution in [3.8, 4) is 0 Å². The van der Waals surface area contributed by atoms with Crippen LogP contribution in [0.5, 0.6) is 0 Å². The number of benzene rings is 2. The molecular weight excluding hydrogens is 268 g/mol. The molecule has 3 rings (SSSR count). The Balaban J connectivity index is 1.81. The SMILES string of the molecule is Nc1ccc(Cl)cc1CN1CCCC1c1ccccc1. The standard InChI is InChI=1S/C17H19ClN2/c18-15-8-9-16(19)14(11-15)12-20-10-4-7-17(20)13-5-2-1-3-6-13/h1-3,5-6,8-9,11,17H,4,7,10,12,19H2. The molecule has 0 saturated carbocycles. The van der Waals surface area contributed by atoms with E-state index >= 15 is 0 Å². The quantitative estimate of drug-likeness (QED) is 0.854. The summed E-state index contributed by atoms with van der Waals surface area (Å²) in [5.74, 6) is 0. The zero-order chi connectivity index (χ0) is 13.9. The first-order valence-electron chi connectivity index (χ1n) is 7.07. The van der Waals surface area contributed by atoms with Crippen molar-refractivity contribution < 1.29 is 0 Å². The Kier molecular flexibility index (Phi) is 3.95. The summed E-state index contributed by atoms with van der Waals surface area (Å²) < 4.78 is 0. The fourth-order valence-electron chi connectivity index (χ4n) is 3.00. The third kappa shape index (κ3) is 2.82. The van der Waals surface area contributed by atoms with Crippen LogP contribution in [0, 0.1) is 0 Å². The van der Waals surface area contributed by atoms with Gasteiger partial charge in [-0.1, -0.05) is 41.9 Å². The molecule has 2 N–H and O–H groups in total. The Bertz CT molecular complexity index is 583. The predicted molar refractivity (Wildman–Crippen MR) is 84.7 cm³/mol. The van der Waals surface area contributed by atoms with E-state index in [-0.39, 0.29) is 0 Å². The molecule has 20 heavy (non-hydrogen) atoms. The van der Waals surface area contributed by atoms with Gasteiger partial charge in [0.1, 0.15) is 0 Å². The molecule has 0 amide bonds. The molecule has 104 valence electrons. The highest BCUT2D eigenvalue weighted by atomic mass is 35.5. The summed E-state index contributed by atoms with van der Waals surface area (Å²) >= 11 is 6.08. The number of halogens is 1. The highest BCUT2D eigenvalue weighted by Crippen LogP contribution is 2.34. The van der Waals surface area contributed by atoms with Gasteiger partial charge in [0.05, 0.1) is 0 Å². The Morgan fingerprint density at radius 1 is 1.15 bits per heavy atom. The second-order valence-corrected chi connectivity index (χ2v) is 5.82. The zero-order valence-electron chi connectivity index (χ0n) is 11.4. The number of likely N-dealkylation sites (tertiary alicyclic amines) is 1.